The van der Waals surface area contributed by atoms with E-state index in [1.54, 1.807) is 31.2 Å². The summed E-state index contributed by atoms with van der Waals surface area (Å²) < 4.78 is 10.4. The maximum absolute atomic E-state index is 12.1. The number of ether oxygens (including phenoxy) is 1. The second-order valence-electron chi connectivity index (χ2n) is 4.61. The molecule has 8 heteroatoms. The smallest absolute Gasteiger partial charge is 0.255 e. The Kier molecular flexibility index (Phi) is 4.72. The fourth-order valence-electron chi connectivity index (χ4n) is 1.67. The zero-order chi connectivity index (χ0) is 16.1. The molecule has 0 saturated carbocycles. The molecule has 0 saturated heterocycles. The minimum absolute atomic E-state index is 0.0625. The van der Waals surface area contributed by atoms with Gasteiger partial charge in [-0.2, -0.15) is 4.98 Å². The number of aryl methyl sites for hydroxylation is 1. The number of rotatable bonds is 6. The van der Waals surface area contributed by atoms with E-state index < -0.39 is 17.9 Å². The van der Waals surface area contributed by atoms with Crippen molar-refractivity contribution in [3.05, 3.63) is 41.5 Å². The average molecular weight is 304 g/mol. The third-order valence-corrected chi connectivity index (χ3v) is 2.83. The molecule has 0 aliphatic heterocycles. The van der Waals surface area contributed by atoms with Crippen LogP contribution >= 0.6 is 0 Å². The van der Waals surface area contributed by atoms with Gasteiger partial charge in [0.2, 0.25) is 17.6 Å². The molecule has 1 aromatic carbocycles. The van der Waals surface area contributed by atoms with E-state index in [4.69, 9.17) is 15.0 Å². The van der Waals surface area contributed by atoms with Crippen molar-refractivity contribution in [3.63, 3.8) is 0 Å². The lowest BCUT2D eigenvalue weighted by Gasteiger charge is -2.13. The molecule has 3 N–H and O–H groups in total. The fraction of sp³-hybridized carbons (Fsp3) is 0.286. The van der Waals surface area contributed by atoms with Crippen LogP contribution in [0.1, 0.15) is 29.0 Å². The van der Waals surface area contributed by atoms with Gasteiger partial charge in [-0.05, 0) is 19.1 Å². The van der Waals surface area contributed by atoms with Crippen molar-refractivity contribution in [2.75, 3.05) is 0 Å². The maximum Gasteiger partial charge on any atom is 0.255 e. The minimum atomic E-state index is -0.777. The zero-order valence-electron chi connectivity index (χ0n) is 12.2. The molecule has 116 valence electrons. The van der Waals surface area contributed by atoms with Crippen LogP contribution in [0.15, 0.2) is 28.8 Å². The summed E-state index contributed by atoms with van der Waals surface area (Å²) in [7, 11) is 0. The molecule has 1 atom stereocenters. The quantitative estimate of drug-likeness (QED) is 0.804. The number of para-hydroxylation sites is 1. The van der Waals surface area contributed by atoms with Crippen LogP contribution in [0.5, 0.6) is 5.75 Å². The molecule has 2 rings (SSSR count). The first-order valence-corrected chi connectivity index (χ1v) is 6.58. The summed E-state index contributed by atoms with van der Waals surface area (Å²) in [6.07, 6.45) is 0. The number of primary amides is 1. The number of nitrogens with one attached hydrogen (secondary N) is 1. The first-order valence-electron chi connectivity index (χ1n) is 6.58. The Morgan fingerprint density at radius 3 is 2.77 bits per heavy atom. The lowest BCUT2D eigenvalue weighted by Crippen LogP contribution is -2.42. The van der Waals surface area contributed by atoms with E-state index >= 15 is 0 Å². The van der Waals surface area contributed by atoms with Crippen molar-refractivity contribution in [1.29, 1.82) is 0 Å². The molecular formula is C14H16N4O4. The lowest BCUT2D eigenvalue weighted by atomic mass is 10.1. The van der Waals surface area contributed by atoms with Crippen LogP contribution in [0.3, 0.4) is 0 Å². The predicted molar refractivity (Wildman–Crippen MR) is 75.9 cm³/mol. The highest BCUT2D eigenvalue weighted by atomic mass is 16.5. The standard InChI is InChI=1S/C14H16N4O4/c1-8(13(15)19)16-14(20)10-5-3-4-6-11(10)21-7-12-17-9(2)22-18-12/h3-6,8H,7H2,1-2H3,(H2,15,19)(H,16,20). The molecule has 0 spiro atoms. The number of carbonyl (C=O) groups is 2. The molecule has 0 fully saturated rings. The highest BCUT2D eigenvalue weighted by molar-refractivity contribution is 5.99. The Bertz CT molecular complexity index is 683. The van der Waals surface area contributed by atoms with E-state index in [-0.39, 0.29) is 12.2 Å². The number of nitrogens with two attached hydrogens (primary N) is 1. The largest absolute Gasteiger partial charge is 0.485 e. The molecule has 2 aromatic rings. The Morgan fingerprint density at radius 1 is 1.41 bits per heavy atom. The topological polar surface area (TPSA) is 120 Å². The first-order chi connectivity index (χ1) is 10.5. The molecule has 1 aromatic heterocycles. The second kappa shape index (κ2) is 6.70. The van der Waals surface area contributed by atoms with Crippen LogP contribution in [0.25, 0.3) is 0 Å². The predicted octanol–water partition coefficient (Wildman–Crippen LogP) is 0.561. The summed E-state index contributed by atoms with van der Waals surface area (Å²) in [5, 5.41) is 6.20. The van der Waals surface area contributed by atoms with Gasteiger partial charge in [0, 0.05) is 6.92 Å². The number of hydrogen-bond acceptors (Lipinski definition) is 6. The van der Waals surface area contributed by atoms with Gasteiger partial charge >= 0.3 is 0 Å². The third kappa shape index (κ3) is 3.81. The van der Waals surface area contributed by atoms with E-state index in [0.717, 1.165) is 0 Å². The molecule has 0 radical (unpaired) electrons. The molecule has 22 heavy (non-hydrogen) atoms. The summed E-state index contributed by atoms with van der Waals surface area (Å²) >= 11 is 0. The van der Waals surface area contributed by atoms with Gasteiger partial charge in [-0.1, -0.05) is 17.3 Å². The molecule has 8 nitrogen and oxygen atoms in total. The number of amides is 2. The van der Waals surface area contributed by atoms with Crippen LogP contribution in [0, 0.1) is 6.92 Å². The van der Waals surface area contributed by atoms with Crippen molar-refractivity contribution in [3.8, 4) is 5.75 Å². The zero-order valence-corrected chi connectivity index (χ0v) is 12.2. The number of aromatic nitrogens is 2. The molecule has 0 bridgehead atoms. The van der Waals surface area contributed by atoms with E-state index in [0.29, 0.717) is 17.5 Å². The van der Waals surface area contributed by atoms with Crippen molar-refractivity contribution < 1.29 is 18.8 Å². The lowest BCUT2D eigenvalue weighted by molar-refractivity contribution is -0.119. The fourth-order valence-corrected chi connectivity index (χ4v) is 1.67. The molecule has 1 heterocycles. The Labute approximate surface area is 126 Å². The van der Waals surface area contributed by atoms with Gasteiger partial charge in [-0.15, -0.1) is 0 Å². The van der Waals surface area contributed by atoms with Crippen molar-refractivity contribution in [2.45, 2.75) is 26.5 Å². The molecular weight excluding hydrogens is 288 g/mol. The van der Waals surface area contributed by atoms with Gasteiger partial charge in [-0.3, -0.25) is 9.59 Å². The van der Waals surface area contributed by atoms with Gasteiger partial charge in [0.15, 0.2) is 6.61 Å². The average Bonchev–Trinajstić information content (AvgIpc) is 2.90. The van der Waals surface area contributed by atoms with Gasteiger partial charge in [0.1, 0.15) is 11.8 Å². The summed E-state index contributed by atoms with van der Waals surface area (Å²) in [4.78, 5) is 27.2. The Balaban J connectivity index is 2.09. The summed E-state index contributed by atoms with van der Waals surface area (Å²) in [5.74, 6) is 0.0810. The molecule has 0 aliphatic carbocycles. The number of nitrogens with zero attached hydrogens (tertiary/aromatic N) is 2. The van der Waals surface area contributed by atoms with E-state index in [2.05, 4.69) is 15.5 Å². The van der Waals surface area contributed by atoms with E-state index in [9.17, 15) is 9.59 Å². The van der Waals surface area contributed by atoms with Gasteiger partial charge in [0.05, 0.1) is 5.56 Å². The van der Waals surface area contributed by atoms with Crippen LogP contribution in [0.2, 0.25) is 0 Å². The normalized spacial score (nSPS) is 11.7. The van der Waals surface area contributed by atoms with Crippen LogP contribution < -0.4 is 15.8 Å². The SMILES string of the molecule is Cc1nc(COc2ccccc2C(=O)NC(C)C(N)=O)no1. The van der Waals surface area contributed by atoms with Crippen molar-refractivity contribution >= 4 is 11.8 Å². The molecule has 1 unspecified atom stereocenters. The van der Waals surface area contributed by atoms with E-state index in [1.165, 1.54) is 6.92 Å². The maximum atomic E-state index is 12.1. The van der Waals surface area contributed by atoms with Crippen molar-refractivity contribution in [1.82, 2.24) is 15.5 Å². The summed E-state index contributed by atoms with van der Waals surface area (Å²) in [5.41, 5.74) is 5.41. The highest BCUT2D eigenvalue weighted by Gasteiger charge is 2.17. The van der Waals surface area contributed by atoms with Gasteiger partial charge in [0.25, 0.3) is 5.91 Å². The minimum Gasteiger partial charge on any atom is -0.485 e. The van der Waals surface area contributed by atoms with Crippen LogP contribution in [-0.2, 0) is 11.4 Å². The second-order valence-corrected chi connectivity index (χ2v) is 4.61. The van der Waals surface area contributed by atoms with E-state index in [1.807, 2.05) is 0 Å². The monoisotopic (exact) mass is 304 g/mol. The highest BCUT2D eigenvalue weighted by Crippen LogP contribution is 2.19. The molecule has 0 aliphatic rings. The molecule has 2 amide bonds. The Morgan fingerprint density at radius 2 is 2.14 bits per heavy atom. The van der Waals surface area contributed by atoms with Crippen LogP contribution in [0.4, 0.5) is 0 Å². The number of carbonyl (C=O) groups excluding carboxylic acids is 2. The summed E-state index contributed by atoms with van der Waals surface area (Å²) in [6, 6.07) is 5.86. The Hall–Kier alpha value is -2.90. The van der Waals surface area contributed by atoms with Gasteiger partial charge in [-0.25, -0.2) is 0 Å². The third-order valence-electron chi connectivity index (χ3n) is 2.83. The van der Waals surface area contributed by atoms with Gasteiger partial charge < -0.3 is 20.3 Å². The number of hydrogen-bond donors (Lipinski definition) is 2. The van der Waals surface area contributed by atoms with Crippen molar-refractivity contribution in [2.24, 2.45) is 5.73 Å². The summed E-state index contributed by atoms with van der Waals surface area (Å²) in [6.45, 7) is 3.24. The first kappa shape index (κ1) is 15.5. The number of benzene rings is 1. The van der Waals surface area contributed by atoms with Crippen LogP contribution in [-0.4, -0.2) is 28.0 Å².